The molecule has 3 aliphatic rings. The maximum Gasteiger partial charge on any atom is 0.252 e. The largest absolute Gasteiger partial charge is 0.312 e. The normalized spacial score (nSPS) is 14.1. The Bertz CT molecular complexity index is 3870. The molecule has 12 rings (SSSR count). The highest BCUT2D eigenvalue weighted by atomic mass is 15.2. The van der Waals surface area contributed by atoms with Crippen molar-refractivity contribution >= 4 is 141 Å². The van der Waals surface area contributed by atoms with Crippen LogP contribution in [0.2, 0.25) is 0 Å². The molecule has 2 heterocycles. The molecule has 1 aliphatic carbocycles. The molecule has 9 heteroatoms. The first-order valence-electron chi connectivity index (χ1n) is 28.4. The zero-order valence-electron chi connectivity index (χ0n) is 49.1. The van der Waals surface area contributed by atoms with Crippen molar-refractivity contribution in [1.29, 1.82) is 0 Å². The Kier molecular flexibility index (Phi) is 12.0. The van der Waals surface area contributed by atoms with Crippen LogP contribution in [0.25, 0.3) is 22.3 Å². The van der Waals surface area contributed by atoms with E-state index in [-0.39, 0.29) is 28.4 Å². The van der Waals surface area contributed by atoms with Gasteiger partial charge in [0.15, 0.2) is 0 Å². The molecule has 0 spiro atoms. The van der Waals surface area contributed by atoms with Crippen LogP contribution in [0.1, 0.15) is 104 Å². The van der Waals surface area contributed by atoms with Gasteiger partial charge in [-0.2, -0.15) is 0 Å². The Morgan fingerprint density at radius 1 is 0.397 bits per heavy atom. The van der Waals surface area contributed by atoms with Crippen LogP contribution in [0.15, 0.2) is 170 Å². The zero-order valence-corrected chi connectivity index (χ0v) is 49.1. The molecule has 0 saturated heterocycles. The molecule has 9 aromatic carbocycles. The molecule has 9 aromatic rings. The topological polar surface area (TPSA) is 9.72 Å². The van der Waals surface area contributed by atoms with Crippen LogP contribution >= 0.6 is 0 Å². The molecule has 3 nitrogen and oxygen atoms in total. The van der Waals surface area contributed by atoms with Gasteiger partial charge in [-0.25, -0.2) is 0 Å². The van der Waals surface area contributed by atoms with Crippen LogP contribution in [-0.2, 0) is 21.7 Å². The van der Waals surface area contributed by atoms with Gasteiger partial charge in [0.2, 0.25) is 0 Å². The van der Waals surface area contributed by atoms with Gasteiger partial charge in [-0.05, 0) is 149 Å². The number of nitrogens with zero attached hydrogens (tertiary/aromatic N) is 3. The molecule has 380 valence electrons. The van der Waals surface area contributed by atoms with Gasteiger partial charge in [-0.1, -0.05) is 201 Å². The molecule has 0 aromatic heterocycles. The lowest BCUT2D eigenvalue weighted by molar-refractivity contribution is 0.589. The van der Waals surface area contributed by atoms with E-state index < -0.39 is 0 Å². The lowest BCUT2D eigenvalue weighted by Crippen LogP contribution is -2.61. The van der Waals surface area contributed by atoms with E-state index in [1.165, 1.54) is 134 Å². The van der Waals surface area contributed by atoms with Gasteiger partial charge in [0.05, 0.1) is 0 Å². The van der Waals surface area contributed by atoms with Crippen LogP contribution in [0.5, 0.6) is 0 Å². The molecule has 78 heavy (non-hydrogen) atoms. The third-order valence-corrected chi connectivity index (χ3v) is 18.3. The second-order valence-electron chi connectivity index (χ2n) is 26.5. The lowest BCUT2D eigenvalue weighted by Gasteiger charge is -2.46. The first kappa shape index (κ1) is 51.5. The summed E-state index contributed by atoms with van der Waals surface area (Å²) in [6.07, 6.45) is 0. The molecule has 0 atom stereocenters. The predicted molar refractivity (Wildman–Crippen MR) is 355 cm³/mol. The second kappa shape index (κ2) is 18.2. The maximum absolute atomic E-state index is 2.66. The van der Waals surface area contributed by atoms with Gasteiger partial charge in [0, 0.05) is 56.6 Å². The molecule has 0 saturated carbocycles. The van der Waals surface area contributed by atoms with Gasteiger partial charge >= 0.3 is 0 Å². The van der Waals surface area contributed by atoms with Crippen molar-refractivity contribution < 1.29 is 0 Å². The van der Waals surface area contributed by atoms with E-state index in [2.05, 4.69) is 300 Å². The molecule has 0 bridgehead atoms. The zero-order chi connectivity index (χ0) is 55.1. The summed E-state index contributed by atoms with van der Waals surface area (Å²) in [5, 5.41) is 0. The number of anilines is 9. The Morgan fingerprint density at radius 2 is 0.923 bits per heavy atom. The summed E-state index contributed by atoms with van der Waals surface area (Å²) in [6.45, 7) is 25.9. The Balaban J connectivity index is 1.18. The first-order chi connectivity index (χ1) is 36.9. The first-order valence-corrected chi connectivity index (χ1v) is 28.4. The Hall–Kier alpha value is -7.23. The third kappa shape index (κ3) is 8.16. The van der Waals surface area contributed by atoms with E-state index in [0.717, 1.165) is 11.4 Å². The maximum atomic E-state index is 2.66. The van der Waals surface area contributed by atoms with E-state index in [0.29, 0.717) is 0 Å². The van der Waals surface area contributed by atoms with E-state index in [1.54, 1.807) is 0 Å². The highest BCUT2D eigenvalue weighted by Gasteiger charge is 2.46. The average Bonchev–Trinajstić information content (AvgIpc) is 3.33. The van der Waals surface area contributed by atoms with Crippen molar-refractivity contribution in [2.75, 3.05) is 14.7 Å². The highest BCUT2D eigenvalue weighted by molar-refractivity contribution is 7.00. The van der Waals surface area contributed by atoms with E-state index in [1.807, 2.05) is 0 Å². The van der Waals surface area contributed by atoms with Gasteiger partial charge in [-0.15, -0.1) is 5.46 Å². The van der Waals surface area contributed by atoms with E-state index >= 15 is 0 Å². The van der Waals surface area contributed by atoms with Crippen LogP contribution in [0, 0.1) is 0 Å². The minimum absolute atomic E-state index is 0.0287. The smallest absolute Gasteiger partial charge is 0.252 e. The van der Waals surface area contributed by atoms with Crippen LogP contribution in [-0.4, -0.2) is 45.9 Å². The summed E-state index contributed by atoms with van der Waals surface area (Å²) >= 11 is 0. The van der Waals surface area contributed by atoms with Gasteiger partial charge in [-0.3, -0.25) is 0 Å². The minimum Gasteiger partial charge on any atom is -0.312 e. The number of hydrogen-bond donors (Lipinski definition) is 0. The van der Waals surface area contributed by atoms with Crippen LogP contribution in [0.4, 0.5) is 51.2 Å². The fraction of sp³-hybridized carbons (Fsp3) is 0.217. The molecule has 0 fully saturated rings. The molecule has 0 N–H and O–H groups in total. The molecule has 0 radical (unpaired) electrons. The summed E-state index contributed by atoms with van der Waals surface area (Å²) in [5.41, 5.74) is 32.8. The third-order valence-electron chi connectivity index (χ3n) is 18.3. The Labute approximate surface area is 470 Å². The van der Waals surface area contributed by atoms with Crippen molar-refractivity contribution in [2.45, 2.75) is 97.8 Å². The lowest BCUT2D eigenvalue weighted by atomic mass is 9.33. The predicted octanol–water partition coefficient (Wildman–Crippen LogP) is 8.40. The summed E-state index contributed by atoms with van der Waals surface area (Å²) in [4.78, 5) is 7.80. The second-order valence-corrected chi connectivity index (χ2v) is 26.5. The molecular formula is C69H71B6N3. The average molecular weight is 1010 g/mol. The summed E-state index contributed by atoms with van der Waals surface area (Å²) in [7, 11) is 11.5. The number of rotatable bonds is 6. The quantitative estimate of drug-likeness (QED) is 0.155. The standard InChI is InChI=1S/C69H71B6N3/c1-66(2,3)42-23-28-46(29-24-42)77-55-34-25-43(67(4,5)6)35-54(55)75-53-33-31-48(76(65-62(73)60(71)59(70)61(72)63(65)74)45-26-21-41(22-27-45)40-17-13-12-14-18-40)39-56(53)78(58-37-44(68(7,8)9)36-57(77)64(58)75)47-30-32-50-49-19-15-16-20-51(49)69(10,11)52(50)38-47/h12-39H,70-74H2,1-11H3. The van der Waals surface area contributed by atoms with E-state index in [4.69, 9.17) is 0 Å². The number of benzene rings is 9. The van der Waals surface area contributed by atoms with Crippen LogP contribution < -0.4 is 58.4 Å². The summed E-state index contributed by atoms with van der Waals surface area (Å²) in [6, 6.07) is 65.7. The number of hydrogen-bond acceptors (Lipinski definition) is 3. The fourth-order valence-corrected chi connectivity index (χ4v) is 13.2. The monoisotopic (exact) mass is 1010 g/mol. The molecule has 0 amide bonds. The Morgan fingerprint density at radius 3 is 1.55 bits per heavy atom. The van der Waals surface area contributed by atoms with Gasteiger partial charge in [0.1, 0.15) is 39.2 Å². The fourth-order valence-electron chi connectivity index (χ4n) is 13.2. The van der Waals surface area contributed by atoms with E-state index in [9.17, 15) is 0 Å². The minimum atomic E-state index is -0.186. The van der Waals surface area contributed by atoms with Crippen molar-refractivity contribution in [3.63, 3.8) is 0 Å². The number of fused-ring (bicyclic) bond motifs is 7. The van der Waals surface area contributed by atoms with Crippen molar-refractivity contribution in [2.24, 2.45) is 0 Å². The van der Waals surface area contributed by atoms with Crippen molar-refractivity contribution in [3.05, 3.63) is 198 Å². The SMILES string of the molecule is Bc1c(B)c(B)c(N(c2ccc(-c3ccccc3)cc2)c2ccc3c(c2)N(c2ccc4c(c2)C(C)(C)c2ccccc2-4)c2cc(C(C)(C)C)cc4c2B3c2cc(C(C)(C)C)ccc2N4c2ccc(C(C)(C)C)cc2)c(B)c1B. The van der Waals surface area contributed by atoms with Gasteiger partial charge < -0.3 is 14.7 Å². The summed E-state index contributed by atoms with van der Waals surface area (Å²) < 4.78 is 0. The molecular weight excluding hydrogens is 936 g/mol. The highest BCUT2D eigenvalue weighted by Crippen LogP contribution is 2.53. The molecule has 0 unspecified atom stereocenters. The van der Waals surface area contributed by atoms with Crippen molar-refractivity contribution in [3.8, 4) is 22.3 Å². The summed E-state index contributed by atoms with van der Waals surface area (Å²) in [5.74, 6) is 0. The van der Waals surface area contributed by atoms with Crippen molar-refractivity contribution in [1.82, 2.24) is 0 Å². The van der Waals surface area contributed by atoms with Crippen LogP contribution in [0.3, 0.4) is 0 Å². The molecule has 2 aliphatic heterocycles. The van der Waals surface area contributed by atoms with Gasteiger partial charge in [0.25, 0.3) is 6.71 Å².